The normalized spacial score (nSPS) is 20.9. The van der Waals surface area contributed by atoms with Gasteiger partial charge in [0.15, 0.2) is 0 Å². The first-order valence-electron chi connectivity index (χ1n) is 7.90. The summed E-state index contributed by atoms with van der Waals surface area (Å²) in [6.07, 6.45) is 4.80. The van der Waals surface area contributed by atoms with E-state index >= 15 is 0 Å². The Kier molecular flexibility index (Phi) is 5.99. The third-order valence-corrected chi connectivity index (χ3v) is 4.40. The van der Waals surface area contributed by atoms with E-state index in [0.29, 0.717) is 6.04 Å². The molecule has 2 nitrogen and oxygen atoms in total. The lowest BCUT2D eigenvalue weighted by molar-refractivity contribution is 0.297. The minimum atomic E-state index is -0.136. The molecule has 0 saturated carbocycles. The molecule has 1 aliphatic rings. The summed E-state index contributed by atoms with van der Waals surface area (Å²) in [5, 5.41) is 3.68. The molecule has 2 rings (SSSR count). The van der Waals surface area contributed by atoms with E-state index < -0.39 is 0 Å². The van der Waals surface area contributed by atoms with E-state index in [9.17, 15) is 4.39 Å². The van der Waals surface area contributed by atoms with Crippen molar-refractivity contribution >= 4 is 0 Å². The average molecular weight is 278 g/mol. The molecule has 0 aromatic heterocycles. The van der Waals surface area contributed by atoms with Crippen LogP contribution < -0.4 is 5.32 Å². The lowest BCUT2D eigenvalue weighted by Crippen LogP contribution is -2.32. The highest BCUT2D eigenvalue weighted by atomic mass is 19.1. The van der Waals surface area contributed by atoms with E-state index in [1.165, 1.54) is 44.5 Å². The number of aryl methyl sites for hydroxylation is 1. The van der Waals surface area contributed by atoms with Crippen molar-refractivity contribution in [2.75, 3.05) is 26.2 Å². The molecular formula is C17H27FN2. The Bertz CT molecular complexity index is 419. The molecule has 1 N–H and O–H groups in total. The Morgan fingerprint density at radius 2 is 2.15 bits per heavy atom. The summed E-state index contributed by atoms with van der Waals surface area (Å²) in [5.74, 6) is -0.136. The van der Waals surface area contributed by atoms with Crippen molar-refractivity contribution in [3.05, 3.63) is 35.1 Å². The second-order valence-electron chi connectivity index (χ2n) is 5.84. The maximum Gasteiger partial charge on any atom is 0.123 e. The Morgan fingerprint density at radius 1 is 1.30 bits per heavy atom. The number of rotatable bonds is 5. The van der Waals surface area contributed by atoms with Gasteiger partial charge in [0.2, 0.25) is 0 Å². The number of hydrogen-bond donors (Lipinski definition) is 1. The molecule has 0 spiro atoms. The third-order valence-electron chi connectivity index (χ3n) is 4.40. The molecule has 20 heavy (non-hydrogen) atoms. The molecule has 1 heterocycles. The first-order valence-corrected chi connectivity index (χ1v) is 7.90. The van der Waals surface area contributed by atoms with E-state index in [1.807, 2.05) is 13.0 Å². The Balaban J connectivity index is 1.75. The summed E-state index contributed by atoms with van der Waals surface area (Å²) in [6, 6.07) is 5.75. The molecule has 0 aliphatic carbocycles. The summed E-state index contributed by atoms with van der Waals surface area (Å²) in [6.45, 7) is 8.84. The number of nitrogens with one attached hydrogen (secondary N) is 1. The largest absolute Gasteiger partial charge is 0.314 e. The fraction of sp³-hybridized carbons (Fsp3) is 0.647. The molecule has 1 aromatic carbocycles. The summed E-state index contributed by atoms with van der Waals surface area (Å²) in [7, 11) is 0. The Morgan fingerprint density at radius 3 is 2.90 bits per heavy atom. The highest BCUT2D eigenvalue weighted by Crippen LogP contribution is 2.13. The number of nitrogens with zero attached hydrogens (tertiary/aromatic N) is 1. The molecule has 112 valence electrons. The molecule has 1 saturated heterocycles. The van der Waals surface area contributed by atoms with Crippen molar-refractivity contribution in [3.8, 4) is 0 Å². The highest BCUT2D eigenvalue weighted by Gasteiger charge is 2.15. The second-order valence-corrected chi connectivity index (χ2v) is 5.84. The van der Waals surface area contributed by atoms with Gasteiger partial charge in [0.05, 0.1) is 0 Å². The number of hydrogen-bond acceptors (Lipinski definition) is 2. The van der Waals surface area contributed by atoms with Crippen LogP contribution in [-0.2, 0) is 6.42 Å². The zero-order valence-electron chi connectivity index (χ0n) is 12.8. The zero-order valence-corrected chi connectivity index (χ0v) is 12.8. The van der Waals surface area contributed by atoms with Gasteiger partial charge in [0, 0.05) is 6.04 Å². The first-order chi connectivity index (χ1) is 9.69. The fourth-order valence-electron chi connectivity index (χ4n) is 3.03. The summed E-state index contributed by atoms with van der Waals surface area (Å²) >= 11 is 0. The molecule has 0 bridgehead atoms. The van der Waals surface area contributed by atoms with Crippen molar-refractivity contribution in [1.29, 1.82) is 0 Å². The van der Waals surface area contributed by atoms with Crippen molar-refractivity contribution < 1.29 is 4.39 Å². The molecule has 1 unspecified atom stereocenters. The van der Waals surface area contributed by atoms with E-state index in [0.717, 1.165) is 18.5 Å². The molecule has 0 radical (unpaired) electrons. The molecular weight excluding hydrogens is 251 g/mol. The van der Waals surface area contributed by atoms with Crippen molar-refractivity contribution in [1.82, 2.24) is 10.2 Å². The van der Waals surface area contributed by atoms with Gasteiger partial charge in [-0.15, -0.1) is 0 Å². The molecule has 3 heteroatoms. The van der Waals surface area contributed by atoms with E-state index in [2.05, 4.69) is 17.1 Å². The Hall–Kier alpha value is -0.930. The summed E-state index contributed by atoms with van der Waals surface area (Å²) in [4.78, 5) is 2.53. The predicted octanol–water partition coefficient (Wildman–Crippen LogP) is 3.14. The summed E-state index contributed by atoms with van der Waals surface area (Å²) < 4.78 is 13.1. The molecule has 1 aliphatic heterocycles. The monoisotopic (exact) mass is 278 g/mol. The second kappa shape index (κ2) is 7.75. The minimum Gasteiger partial charge on any atom is -0.314 e. The van der Waals surface area contributed by atoms with Gasteiger partial charge in [0.1, 0.15) is 5.82 Å². The van der Waals surface area contributed by atoms with Crippen molar-refractivity contribution in [2.24, 2.45) is 0 Å². The van der Waals surface area contributed by atoms with Gasteiger partial charge in [-0.3, -0.25) is 0 Å². The zero-order chi connectivity index (χ0) is 14.4. The quantitative estimate of drug-likeness (QED) is 0.890. The van der Waals surface area contributed by atoms with Crippen LogP contribution >= 0.6 is 0 Å². The van der Waals surface area contributed by atoms with Gasteiger partial charge < -0.3 is 10.2 Å². The summed E-state index contributed by atoms with van der Waals surface area (Å²) in [5.41, 5.74) is 2.31. The van der Waals surface area contributed by atoms with Gasteiger partial charge in [-0.1, -0.05) is 13.0 Å². The van der Waals surface area contributed by atoms with Gasteiger partial charge >= 0.3 is 0 Å². The third kappa shape index (κ3) is 4.57. The average Bonchev–Trinajstić information content (AvgIpc) is 2.66. The number of benzene rings is 1. The van der Waals surface area contributed by atoms with Crippen LogP contribution in [0.2, 0.25) is 0 Å². The number of likely N-dealkylation sites (tertiary alicyclic amines) is 1. The molecule has 1 fully saturated rings. The first kappa shape index (κ1) is 15.5. The van der Waals surface area contributed by atoms with Crippen LogP contribution in [-0.4, -0.2) is 37.1 Å². The van der Waals surface area contributed by atoms with Crippen molar-refractivity contribution in [3.63, 3.8) is 0 Å². The SMILES string of the molecule is CCN1CCCC(NCCc2ccc(F)cc2C)CC1. The maximum atomic E-state index is 13.1. The van der Waals surface area contributed by atoms with E-state index in [1.54, 1.807) is 12.1 Å². The Labute approximate surface area is 122 Å². The lowest BCUT2D eigenvalue weighted by Gasteiger charge is -2.18. The predicted molar refractivity (Wildman–Crippen MR) is 82.6 cm³/mol. The van der Waals surface area contributed by atoms with Gasteiger partial charge in [-0.2, -0.15) is 0 Å². The van der Waals surface area contributed by atoms with Crippen LogP contribution in [0.25, 0.3) is 0 Å². The topological polar surface area (TPSA) is 15.3 Å². The standard InChI is InChI=1S/C17H27FN2/c1-3-20-11-4-5-17(9-12-20)19-10-8-15-6-7-16(18)13-14(15)2/h6-7,13,17,19H,3-5,8-12H2,1-2H3. The van der Waals surface area contributed by atoms with Crippen LogP contribution in [0.15, 0.2) is 18.2 Å². The van der Waals surface area contributed by atoms with Gasteiger partial charge in [0.25, 0.3) is 0 Å². The molecule has 1 aromatic rings. The van der Waals surface area contributed by atoms with E-state index in [-0.39, 0.29) is 5.82 Å². The van der Waals surface area contributed by atoms with Crippen LogP contribution in [0, 0.1) is 12.7 Å². The smallest absolute Gasteiger partial charge is 0.123 e. The van der Waals surface area contributed by atoms with Crippen LogP contribution in [0.3, 0.4) is 0 Å². The number of halogens is 1. The molecule has 1 atom stereocenters. The minimum absolute atomic E-state index is 0.136. The van der Waals surface area contributed by atoms with Crippen LogP contribution in [0.5, 0.6) is 0 Å². The van der Waals surface area contributed by atoms with E-state index in [4.69, 9.17) is 0 Å². The van der Waals surface area contributed by atoms with Gasteiger partial charge in [-0.25, -0.2) is 4.39 Å². The fourth-order valence-corrected chi connectivity index (χ4v) is 3.03. The van der Waals surface area contributed by atoms with Crippen LogP contribution in [0.4, 0.5) is 4.39 Å². The maximum absolute atomic E-state index is 13.1. The highest BCUT2D eigenvalue weighted by molar-refractivity contribution is 5.26. The molecule has 0 amide bonds. The van der Waals surface area contributed by atoms with Crippen LogP contribution in [0.1, 0.15) is 37.3 Å². The van der Waals surface area contributed by atoms with Crippen molar-refractivity contribution in [2.45, 2.75) is 45.6 Å². The lowest BCUT2D eigenvalue weighted by atomic mass is 10.0. The van der Waals surface area contributed by atoms with Gasteiger partial charge in [-0.05, 0) is 82.0 Å².